The number of carbonyl (C=O) groups excluding carboxylic acids is 3. The van der Waals surface area contributed by atoms with Gasteiger partial charge >= 0.3 is 6.09 Å². The molecule has 0 bridgehead atoms. The molecule has 2 aromatic rings. The Bertz CT molecular complexity index is 813. The highest BCUT2D eigenvalue weighted by Crippen LogP contribution is 2.19. The summed E-state index contributed by atoms with van der Waals surface area (Å²) in [6.07, 6.45) is 0.540. The summed E-state index contributed by atoms with van der Waals surface area (Å²) in [4.78, 5) is 44.6. The zero-order chi connectivity index (χ0) is 19.9. The quantitative estimate of drug-likeness (QED) is 0.773. The molecular formula is C18H22N4O4S2. The third-order valence-corrected chi connectivity index (χ3v) is 5.95. The van der Waals surface area contributed by atoms with Gasteiger partial charge in [-0.25, -0.2) is 9.78 Å². The van der Waals surface area contributed by atoms with Gasteiger partial charge in [0.15, 0.2) is 5.13 Å². The van der Waals surface area contributed by atoms with Gasteiger partial charge in [-0.1, -0.05) is 6.07 Å². The van der Waals surface area contributed by atoms with Crippen LogP contribution >= 0.6 is 22.7 Å². The second-order valence-corrected chi connectivity index (χ2v) is 7.95. The normalized spacial score (nSPS) is 14.0. The first kappa shape index (κ1) is 20.3. The molecule has 0 aromatic carbocycles. The van der Waals surface area contributed by atoms with Gasteiger partial charge in [0.1, 0.15) is 0 Å². The third-order valence-electron chi connectivity index (χ3n) is 4.27. The van der Waals surface area contributed by atoms with Crippen molar-refractivity contribution in [1.29, 1.82) is 0 Å². The molecule has 1 aliphatic heterocycles. The van der Waals surface area contributed by atoms with E-state index in [2.05, 4.69) is 10.3 Å². The van der Waals surface area contributed by atoms with Crippen LogP contribution in [0.3, 0.4) is 0 Å². The lowest BCUT2D eigenvalue weighted by Crippen LogP contribution is -2.50. The predicted molar refractivity (Wildman–Crippen MR) is 108 cm³/mol. The fourth-order valence-electron chi connectivity index (χ4n) is 2.79. The summed E-state index contributed by atoms with van der Waals surface area (Å²) < 4.78 is 4.98. The zero-order valence-electron chi connectivity index (χ0n) is 15.6. The van der Waals surface area contributed by atoms with Crippen LogP contribution in [0, 0.1) is 0 Å². The molecule has 1 aliphatic rings. The summed E-state index contributed by atoms with van der Waals surface area (Å²) in [6.45, 7) is 4.12. The lowest BCUT2D eigenvalue weighted by atomic mass is 10.2. The first-order valence-corrected chi connectivity index (χ1v) is 10.8. The van der Waals surface area contributed by atoms with Gasteiger partial charge in [0.05, 0.1) is 17.2 Å². The van der Waals surface area contributed by atoms with Crippen molar-refractivity contribution in [3.63, 3.8) is 0 Å². The van der Waals surface area contributed by atoms with E-state index in [1.165, 1.54) is 22.7 Å². The number of rotatable bonds is 6. The SMILES string of the molecule is CCOC(=O)N1CCN(C(=O)CCc2csc(NC(=O)c3cccs3)n2)CC1. The van der Waals surface area contributed by atoms with Gasteiger partial charge in [-0.2, -0.15) is 0 Å². The van der Waals surface area contributed by atoms with Crippen molar-refractivity contribution in [3.8, 4) is 0 Å². The highest BCUT2D eigenvalue weighted by Gasteiger charge is 2.24. The molecular weight excluding hydrogens is 400 g/mol. The summed E-state index contributed by atoms with van der Waals surface area (Å²) in [6, 6.07) is 3.58. The van der Waals surface area contributed by atoms with Crippen LogP contribution in [0.5, 0.6) is 0 Å². The van der Waals surface area contributed by atoms with Gasteiger partial charge in [0.2, 0.25) is 5.91 Å². The molecule has 3 amide bonds. The van der Waals surface area contributed by atoms with Crippen LogP contribution in [-0.2, 0) is 16.0 Å². The van der Waals surface area contributed by atoms with E-state index in [-0.39, 0.29) is 17.9 Å². The van der Waals surface area contributed by atoms with Crippen LogP contribution in [0.2, 0.25) is 0 Å². The Balaban J connectivity index is 1.42. The van der Waals surface area contributed by atoms with Crippen molar-refractivity contribution in [2.75, 3.05) is 38.1 Å². The summed E-state index contributed by atoms with van der Waals surface area (Å²) in [5.74, 6) is -0.132. The summed E-state index contributed by atoms with van der Waals surface area (Å²) >= 11 is 2.72. The van der Waals surface area contributed by atoms with Crippen molar-refractivity contribution < 1.29 is 19.1 Å². The van der Waals surface area contributed by atoms with Gasteiger partial charge in [-0.3, -0.25) is 14.9 Å². The number of ether oxygens (including phenoxy) is 1. The van der Waals surface area contributed by atoms with Crippen LogP contribution in [0.25, 0.3) is 0 Å². The number of aryl methyl sites for hydroxylation is 1. The Hall–Kier alpha value is -2.46. The van der Waals surface area contributed by atoms with Gasteiger partial charge in [-0.05, 0) is 24.8 Å². The Labute approximate surface area is 171 Å². The van der Waals surface area contributed by atoms with E-state index in [9.17, 15) is 14.4 Å². The molecule has 28 heavy (non-hydrogen) atoms. The number of amides is 3. The van der Waals surface area contributed by atoms with Gasteiger partial charge in [-0.15, -0.1) is 22.7 Å². The van der Waals surface area contributed by atoms with E-state index in [4.69, 9.17) is 4.74 Å². The highest BCUT2D eigenvalue weighted by molar-refractivity contribution is 7.14. The van der Waals surface area contributed by atoms with E-state index < -0.39 is 0 Å². The second kappa shape index (κ2) is 9.65. The first-order chi connectivity index (χ1) is 13.6. The lowest BCUT2D eigenvalue weighted by Gasteiger charge is -2.34. The van der Waals surface area contributed by atoms with Gasteiger partial charge < -0.3 is 14.5 Å². The number of piperazine rings is 1. The van der Waals surface area contributed by atoms with E-state index >= 15 is 0 Å². The average Bonchev–Trinajstić information content (AvgIpc) is 3.38. The molecule has 0 radical (unpaired) electrons. The maximum atomic E-state index is 12.4. The van der Waals surface area contributed by atoms with Crippen molar-refractivity contribution in [1.82, 2.24) is 14.8 Å². The number of hydrogen-bond acceptors (Lipinski definition) is 7. The fraction of sp³-hybridized carbons (Fsp3) is 0.444. The molecule has 0 aliphatic carbocycles. The minimum atomic E-state index is -0.325. The van der Waals surface area contributed by atoms with E-state index in [0.29, 0.717) is 55.6 Å². The molecule has 1 fully saturated rings. The fourth-order valence-corrected chi connectivity index (χ4v) is 4.15. The Morgan fingerprint density at radius 2 is 1.93 bits per heavy atom. The minimum absolute atomic E-state index is 0.0423. The van der Waals surface area contributed by atoms with Crippen molar-refractivity contribution in [2.45, 2.75) is 19.8 Å². The van der Waals surface area contributed by atoms with Crippen molar-refractivity contribution in [3.05, 3.63) is 33.5 Å². The molecule has 0 atom stereocenters. The summed E-state index contributed by atoms with van der Waals surface area (Å²) in [5, 5.41) is 7.01. The molecule has 0 unspecified atom stereocenters. The minimum Gasteiger partial charge on any atom is -0.450 e. The van der Waals surface area contributed by atoms with Gasteiger partial charge in [0, 0.05) is 38.0 Å². The summed E-state index contributed by atoms with van der Waals surface area (Å²) in [7, 11) is 0. The number of hydrogen-bond donors (Lipinski definition) is 1. The Kier molecular flexibility index (Phi) is 6.99. The smallest absolute Gasteiger partial charge is 0.409 e. The molecule has 3 rings (SSSR count). The third kappa shape index (κ3) is 5.29. The number of thiazole rings is 1. The van der Waals surface area contributed by atoms with E-state index in [1.807, 2.05) is 16.8 Å². The maximum absolute atomic E-state index is 12.4. The standard InChI is InChI=1S/C18H22N4O4S2/c1-2-26-18(25)22-9-7-21(8-10-22)15(23)6-5-13-12-28-17(19-13)20-16(24)14-4-3-11-27-14/h3-4,11-12H,2,5-10H2,1H3,(H,19,20,24). The topological polar surface area (TPSA) is 91.8 Å². The molecule has 0 saturated carbocycles. The predicted octanol–water partition coefficient (Wildman–Crippen LogP) is 2.69. The maximum Gasteiger partial charge on any atom is 0.409 e. The number of thiophene rings is 1. The van der Waals surface area contributed by atoms with Crippen LogP contribution in [0.4, 0.5) is 9.93 Å². The van der Waals surface area contributed by atoms with Crippen molar-refractivity contribution >= 4 is 45.7 Å². The van der Waals surface area contributed by atoms with Gasteiger partial charge in [0.25, 0.3) is 5.91 Å². The molecule has 2 aromatic heterocycles. The number of nitrogens with zero attached hydrogens (tertiary/aromatic N) is 3. The van der Waals surface area contributed by atoms with E-state index in [0.717, 1.165) is 5.69 Å². The highest BCUT2D eigenvalue weighted by atomic mass is 32.1. The van der Waals surface area contributed by atoms with Crippen LogP contribution in [0.15, 0.2) is 22.9 Å². The molecule has 150 valence electrons. The molecule has 8 nitrogen and oxygen atoms in total. The summed E-state index contributed by atoms with van der Waals surface area (Å²) in [5.41, 5.74) is 0.782. The first-order valence-electron chi connectivity index (χ1n) is 9.05. The molecule has 1 N–H and O–H groups in total. The number of carbonyl (C=O) groups is 3. The van der Waals surface area contributed by atoms with E-state index in [1.54, 1.807) is 22.8 Å². The lowest BCUT2D eigenvalue weighted by molar-refractivity contribution is -0.132. The average molecular weight is 423 g/mol. The second-order valence-electron chi connectivity index (χ2n) is 6.14. The van der Waals surface area contributed by atoms with Crippen LogP contribution < -0.4 is 5.32 Å². The number of nitrogens with one attached hydrogen (secondary N) is 1. The van der Waals surface area contributed by atoms with Crippen LogP contribution in [0.1, 0.15) is 28.7 Å². The number of anilines is 1. The van der Waals surface area contributed by atoms with Crippen molar-refractivity contribution in [2.24, 2.45) is 0 Å². The largest absolute Gasteiger partial charge is 0.450 e. The molecule has 1 saturated heterocycles. The Morgan fingerprint density at radius 1 is 1.18 bits per heavy atom. The monoisotopic (exact) mass is 422 g/mol. The van der Waals surface area contributed by atoms with Crippen LogP contribution in [-0.4, -0.2) is 65.5 Å². The molecule has 3 heterocycles. The molecule has 10 heteroatoms. The zero-order valence-corrected chi connectivity index (χ0v) is 17.2. The number of aromatic nitrogens is 1. The molecule has 0 spiro atoms. The Morgan fingerprint density at radius 3 is 2.61 bits per heavy atom.